The number of hydrogen-bond donors (Lipinski definition) is 1. The van der Waals surface area contributed by atoms with Crippen molar-refractivity contribution < 1.29 is 14.4 Å². The Bertz CT molecular complexity index is 1270. The summed E-state index contributed by atoms with van der Waals surface area (Å²) in [5, 5.41) is 5.11. The number of fused-ring (bicyclic) bond motifs is 1. The van der Waals surface area contributed by atoms with Gasteiger partial charge >= 0.3 is 0 Å². The van der Waals surface area contributed by atoms with Gasteiger partial charge in [-0.3, -0.25) is 14.4 Å². The number of rotatable bonds is 5. The fourth-order valence-electron chi connectivity index (χ4n) is 5.68. The quantitative estimate of drug-likeness (QED) is 0.480. The van der Waals surface area contributed by atoms with Crippen LogP contribution in [0.15, 0.2) is 47.5 Å². The molecule has 1 saturated carbocycles. The van der Waals surface area contributed by atoms with Crippen molar-refractivity contribution in [1.82, 2.24) is 14.8 Å². The molecule has 1 aliphatic carbocycles. The van der Waals surface area contributed by atoms with Gasteiger partial charge in [-0.1, -0.05) is 17.7 Å². The summed E-state index contributed by atoms with van der Waals surface area (Å²) >= 11 is 1.77. The Morgan fingerprint density at radius 3 is 2.73 bits per heavy atom. The van der Waals surface area contributed by atoms with Gasteiger partial charge in [0.25, 0.3) is 0 Å². The Hall–Kier alpha value is -3.26. The first kappa shape index (κ1) is 24.1. The van der Waals surface area contributed by atoms with E-state index in [9.17, 15) is 14.4 Å². The van der Waals surface area contributed by atoms with Crippen LogP contribution in [-0.4, -0.2) is 58.7 Å². The van der Waals surface area contributed by atoms with E-state index >= 15 is 0 Å². The predicted octanol–water partition coefficient (Wildman–Crippen LogP) is 4.07. The van der Waals surface area contributed by atoms with E-state index < -0.39 is 5.41 Å². The zero-order valence-electron chi connectivity index (χ0n) is 20.9. The summed E-state index contributed by atoms with van der Waals surface area (Å²) in [7, 11) is 0. The van der Waals surface area contributed by atoms with E-state index in [0.29, 0.717) is 44.7 Å². The molecule has 192 valence electrons. The van der Waals surface area contributed by atoms with Crippen LogP contribution in [0.3, 0.4) is 0 Å². The van der Waals surface area contributed by atoms with Gasteiger partial charge in [-0.15, -0.1) is 11.3 Å². The Kier molecular flexibility index (Phi) is 6.44. The summed E-state index contributed by atoms with van der Waals surface area (Å²) in [4.78, 5) is 47.9. The van der Waals surface area contributed by atoms with Crippen molar-refractivity contribution in [1.29, 1.82) is 0 Å². The maximum Gasteiger partial charge on any atom is 0.246 e. The Balaban J connectivity index is 1.08. The standard InChI is InChI=1S/C29H32N4O3S/c34-25(32-11-7-20(8-12-32)17-24-2-1-15-37-24)6-3-21-16-23-18-29(28(36)31-26(23)30-19-21)9-13-33(14-10-29)27(35)22-4-5-22/h1-3,6-7,15-16,19,22H,4-5,8-14,17-18H2,(H,30,31,36). The Morgan fingerprint density at radius 2 is 2.03 bits per heavy atom. The van der Waals surface area contributed by atoms with E-state index in [2.05, 4.69) is 33.9 Å². The molecule has 0 radical (unpaired) electrons. The van der Waals surface area contributed by atoms with Crippen LogP contribution in [0.25, 0.3) is 6.08 Å². The van der Waals surface area contributed by atoms with Crippen LogP contribution in [0.4, 0.5) is 5.82 Å². The van der Waals surface area contributed by atoms with Crippen LogP contribution in [0.1, 0.15) is 48.1 Å². The lowest BCUT2D eigenvalue weighted by Gasteiger charge is -2.43. The summed E-state index contributed by atoms with van der Waals surface area (Å²) in [5.74, 6) is 1.09. The van der Waals surface area contributed by atoms with Gasteiger partial charge in [-0.25, -0.2) is 4.98 Å². The molecule has 0 bridgehead atoms. The molecule has 3 aliphatic heterocycles. The van der Waals surface area contributed by atoms with Crippen LogP contribution in [0.2, 0.25) is 0 Å². The minimum atomic E-state index is -0.492. The molecule has 2 aromatic rings. The average molecular weight is 517 g/mol. The molecule has 0 aromatic carbocycles. The first-order valence-electron chi connectivity index (χ1n) is 13.3. The number of pyridine rings is 1. The molecule has 7 nitrogen and oxygen atoms in total. The second-order valence-corrected chi connectivity index (χ2v) is 11.8. The lowest BCUT2D eigenvalue weighted by Crippen LogP contribution is -2.51. The van der Waals surface area contributed by atoms with Crippen LogP contribution in [-0.2, 0) is 27.2 Å². The topological polar surface area (TPSA) is 82.6 Å². The number of aromatic nitrogens is 1. The number of hydrogen-bond acceptors (Lipinski definition) is 5. The summed E-state index contributed by atoms with van der Waals surface area (Å²) < 4.78 is 0. The van der Waals surface area contributed by atoms with Gasteiger partial charge in [0.1, 0.15) is 5.82 Å². The molecule has 8 heteroatoms. The third kappa shape index (κ3) is 5.12. The molecule has 3 amide bonds. The molecule has 37 heavy (non-hydrogen) atoms. The van der Waals surface area contributed by atoms with E-state index in [1.165, 1.54) is 10.5 Å². The highest BCUT2D eigenvalue weighted by atomic mass is 32.1. The molecule has 2 aromatic heterocycles. The molecule has 2 fully saturated rings. The Labute approximate surface area is 221 Å². The summed E-state index contributed by atoms with van der Waals surface area (Å²) in [6.45, 7) is 2.65. The van der Waals surface area contributed by atoms with E-state index in [1.807, 2.05) is 21.9 Å². The molecule has 6 rings (SSSR count). The van der Waals surface area contributed by atoms with Gasteiger partial charge in [0.2, 0.25) is 17.7 Å². The monoisotopic (exact) mass is 516 g/mol. The first-order chi connectivity index (χ1) is 18.0. The van der Waals surface area contributed by atoms with Gasteiger partial charge in [-0.2, -0.15) is 0 Å². The number of nitrogens with zero attached hydrogens (tertiary/aromatic N) is 3. The molecular formula is C29H32N4O3S. The van der Waals surface area contributed by atoms with Crippen molar-refractivity contribution in [3.05, 3.63) is 63.5 Å². The number of amides is 3. The highest BCUT2D eigenvalue weighted by Gasteiger charge is 2.46. The number of thiophene rings is 1. The SMILES string of the molecule is O=C(C=Cc1cnc2c(c1)CC1(CCN(C(=O)C3CC3)CC1)C(=O)N2)N1CC=C(Cc2cccs2)CC1. The first-order valence-corrected chi connectivity index (χ1v) is 14.1. The van der Waals surface area contributed by atoms with Crippen molar-refractivity contribution in [2.24, 2.45) is 11.3 Å². The van der Waals surface area contributed by atoms with Crippen molar-refractivity contribution in [2.45, 2.75) is 44.9 Å². The van der Waals surface area contributed by atoms with Crippen molar-refractivity contribution in [3.8, 4) is 0 Å². The third-order valence-corrected chi connectivity index (χ3v) is 9.08. The maximum atomic E-state index is 13.0. The summed E-state index contributed by atoms with van der Waals surface area (Å²) in [5.41, 5.74) is 2.75. The van der Waals surface area contributed by atoms with Crippen molar-refractivity contribution >= 4 is 41.0 Å². The molecule has 0 unspecified atom stereocenters. The smallest absolute Gasteiger partial charge is 0.246 e. The van der Waals surface area contributed by atoms with Gasteiger partial charge in [0.05, 0.1) is 5.41 Å². The second-order valence-electron chi connectivity index (χ2n) is 10.8. The molecule has 4 aliphatic rings. The molecular weight excluding hydrogens is 484 g/mol. The third-order valence-electron chi connectivity index (χ3n) is 8.20. The molecule has 1 saturated heterocycles. The van der Waals surface area contributed by atoms with Gasteiger partial charge < -0.3 is 15.1 Å². The van der Waals surface area contributed by atoms with Crippen molar-refractivity contribution in [2.75, 3.05) is 31.5 Å². The lowest BCUT2D eigenvalue weighted by atomic mass is 9.71. The zero-order chi connectivity index (χ0) is 25.4. The number of piperidine rings is 1. The number of anilines is 1. The fourth-order valence-corrected chi connectivity index (χ4v) is 6.44. The van der Waals surface area contributed by atoms with Crippen LogP contribution in [0, 0.1) is 11.3 Å². The highest BCUT2D eigenvalue weighted by Crippen LogP contribution is 2.42. The predicted molar refractivity (Wildman–Crippen MR) is 144 cm³/mol. The van der Waals surface area contributed by atoms with Crippen LogP contribution < -0.4 is 5.32 Å². The van der Waals surface area contributed by atoms with Gasteiger partial charge in [0, 0.05) is 55.7 Å². The molecule has 5 heterocycles. The normalized spacial score (nSPS) is 21.1. The van der Waals surface area contributed by atoms with E-state index in [0.717, 1.165) is 43.4 Å². The van der Waals surface area contributed by atoms with Crippen LogP contribution in [0.5, 0.6) is 0 Å². The number of carbonyl (C=O) groups excluding carboxylic acids is 3. The van der Waals surface area contributed by atoms with Crippen LogP contribution >= 0.6 is 11.3 Å². The van der Waals surface area contributed by atoms with Gasteiger partial charge in [-0.05, 0) is 73.2 Å². The molecule has 1 N–H and O–H groups in total. The summed E-state index contributed by atoms with van der Waals surface area (Å²) in [6, 6.07) is 6.27. The average Bonchev–Trinajstić information content (AvgIpc) is 3.65. The number of carbonyl (C=O) groups is 3. The molecule has 1 spiro atoms. The minimum absolute atomic E-state index is 0.00150. The number of nitrogens with one attached hydrogen (secondary N) is 1. The van der Waals surface area contributed by atoms with E-state index in [1.54, 1.807) is 23.6 Å². The molecule has 0 atom stereocenters. The lowest BCUT2D eigenvalue weighted by molar-refractivity contribution is -0.139. The second kappa shape index (κ2) is 9.89. The van der Waals surface area contributed by atoms with Crippen molar-refractivity contribution in [3.63, 3.8) is 0 Å². The largest absolute Gasteiger partial charge is 0.342 e. The van der Waals surface area contributed by atoms with E-state index in [4.69, 9.17) is 0 Å². The fraction of sp³-hybridized carbons (Fsp3) is 0.448. The maximum absolute atomic E-state index is 13.0. The van der Waals surface area contributed by atoms with Gasteiger partial charge in [0.15, 0.2) is 0 Å². The minimum Gasteiger partial charge on any atom is -0.342 e. The zero-order valence-corrected chi connectivity index (χ0v) is 21.8. The highest BCUT2D eigenvalue weighted by molar-refractivity contribution is 7.09. The van der Waals surface area contributed by atoms with E-state index in [-0.39, 0.29) is 23.6 Å². The Morgan fingerprint density at radius 1 is 1.19 bits per heavy atom. The summed E-state index contributed by atoms with van der Waals surface area (Å²) in [6.07, 6.45) is 13.2. The number of likely N-dealkylation sites (tertiary alicyclic amines) is 1.